The summed E-state index contributed by atoms with van der Waals surface area (Å²) in [6.45, 7) is 5.59. The molecule has 0 bridgehead atoms. The smallest absolute Gasteiger partial charge is 0.126 e. The molecule has 26 heavy (non-hydrogen) atoms. The number of benzene rings is 1. The monoisotopic (exact) mass is 351 g/mol. The van der Waals surface area contributed by atoms with Crippen LogP contribution in [-0.4, -0.2) is 6.54 Å². The molecule has 1 aromatic carbocycles. The van der Waals surface area contributed by atoms with Crippen LogP contribution in [-0.2, 0) is 12.8 Å². The maximum absolute atomic E-state index is 6.10. The number of rotatable bonds is 8. The van der Waals surface area contributed by atoms with Gasteiger partial charge in [-0.2, -0.15) is 0 Å². The fourth-order valence-corrected chi connectivity index (χ4v) is 3.92. The quantitative estimate of drug-likeness (QED) is 0.562. The third-order valence-electron chi connectivity index (χ3n) is 5.62. The maximum Gasteiger partial charge on any atom is 0.126 e. The summed E-state index contributed by atoms with van der Waals surface area (Å²) in [5.74, 6) is 2.78. The predicted molar refractivity (Wildman–Crippen MR) is 110 cm³/mol. The van der Waals surface area contributed by atoms with Gasteiger partial charge < -0.3 is 9.73 Å². The lowest BCUT2D eigenvalue weighted by molar-refractivity contribution is 0.244. The summed E-state index contributed by atoms with van der Waals surface area (Å²) in [6.07, 6.45) is 12.7. The minimum Gasteiger partial charge on any atom is -0.460 e. The lowest BCUT2D eigenvalue weighted by Gasteiger charge is -2.30. The molecule has 3 rings (SSSR count). The summed E-state index contributed by atoms with van der Waals surface area (Å²) < 4.78 is 6.10. The standard InChI is InChI=1S/C24H33NO/c1-3-19-12-14-20(15-13-19)9-6-5-7-11-22-16-17-23(26-22)24-21(4-2)10-8-18-25-24/h7,11-17,21,24-25H,3-6,8-10,18H2,1-2H3/b11-7+. The number of piperidine rings is 1. The molecule has 1 aliphatic rings. The van der Waals surface area contributed by atoms with Crippen LogP contribution in [0.15, 0.2) is 46.9 Å². The largest absolute Gasteiger partial charge is 0.460 e. The average molecular weight is 352 g/mol. The van der Waals surface area contributed by atoms with Crippen LogP contribution < -0.4 is 5.32 Å². The molecule has 140 valence electrons. The van der Waals surface area contributed by atoms with Gasteiger partial charge in [0.1, 0.15) is 11.5 Å². The van der Waals surface area contributed by atoms with E-state index in [1.807, 2.05) is 0 Å². The van der Waals surface area contributed by atoms with E-state index in [0.717, 1.165) is 37.3 Å². The SMILES string of the molecule is CCc1ccc(CCC/C=C/c2ccc(C3NCCCC3CC)o2)cc1. The van der Waals surface area contributed by atoms with E-state index in [2.05, 4.69) is 67.7 Å². The minimum absolute atomic E-state index is 0.391. The Bertz CT molecular complexity index is 682. The van der Waals surface area contributed by atoms with Crippen LogP contribution in [0.1, 0.15) is 74.6 Å². The van der Waals surface area contributed by atoms with Gasteiger partial charge in [-0.3, -0.25) is 0 Å². The van der Waals surface area contributed by atoms with E-state index in [9.17, 15) is 0 Å². The third kappa shape index (κ3) is 5.11. The van der Waals surface area contributed by atoms with Crippen molar-refractivity contribution in [3.8, 4) is 0 Å². The fraction of sp³-hybridized carbons (Fsp3) is 0.500. The number of unbranched alkanes of at least 4 members (excludes halogenated alkanes) is 1. The molecule has 1 aromatic heterocycles. The van der Waals surface area contributed by atoms with Gasteiger partial charge in [0.2, 0.25) is 0 Å². The summed E-state index contributed by atoms with van der Waals surface area (Å²) in [4.78, 5) is 0. The van der Waals surface area contributed by atoms with Crippen molar-refractivity contribution >= 4 is 6.08 Å². The van der Waals surface area contributed by atoms with Crippen molar-refractivity contribution in [1.82, 2.24) is 5.32 Å². The molecule has 1 N–H and O–H groups in total. The van der Waals surface area contributed by atoms with E-state index in [-0.39, 0.29) is 0 Å². The van der Waals surface area contributed by atoms with Gasteiger partial charge >= 0.3 is 0 Å². The number of furan rings is 1. The maximum atomic E-state index is 6.10. The van der Waals surface area contributed by atoms with Crippen LogP contribution in [0.4, 0.5) is 0 Å². The number of nitrogens with one attached hydrogen (secondary N) is 1. The Kier molecular flexibility index (Phi) is 7.13. The topological polar surface area (TPSA) is 25.2 Å². The second-order valence-corrected chi connectivity index (χ2v) is 7.45. The molecule has 0 amide bonds. The van der Waals surface area contributed by atoms with Crippen molar-refractivity contribution < 1.29 is 4.42 Å². The molecule has 1 saturated heterocycles. The Morgan fingerprint density at radius 3 is 2.65 bits per heavy atom. The molecule has 0 radical (unpaired) electrons. The molecule has 1 aliphatic heterocycles. The van der Waals surface area contributed by atoms with Crippen molar-refractivity contribution in [2.45, 2.75) is 64.8 Å². The highest BCUT2D eigenvalue weighted by Gasteiger charge is 2.26. The van der Waals surface area contributed by atoms with Crippen molar-refractivity contribution in [2.75, 3.05) is 6.54 Å². The number of aryl methyl sites for hydroxylation is 2. The first-order chi connectivity index (χ1) is 12.8. The Morgan fingerprint density at radius 1 is 1.08 bits per heavy atom. The van der Waals surface area contributed by atoms with E-state index in [1.54, 1.807) is 0 Å². The van der Waals surface area contributed by atoms with Gasteiger partial charge in [-0.25, -0.2) is 0 Å². The van der Waals surface area contributed by atoms with Gasteiger partial charge in [0.15, 0.2) is 0 Å². The first-order valence-electron chi connectivity index (χ1n) is 10.4. The molecule has 0 aliphatic carbocycles. The van der Waals surface area contributed by atoms with Crippen LogP contribution >= 0.6 is 0 Å². The normalized spacial score (nSPS) is 20.7. The van der Waals surface area contributed by atoms with Crippen LogP contribution in [0.3, 0.4) is 0 Å². The Hall–Kier alpha value is -1.80. The lowest BCUT2D eigenvalue weighted by atomic mass is 9.87. The first kappa shape index (κ1) is 19.0. The minimum atomic E-state index is 0.391. The number of hydrogen-bond acceptors (Lipinski definition) is 2. The van der Waals surface area contributed by atoms with Crippen molar-refractivity contribution in [2.24, 2.45) is 5.92 Å². The summed E-state index contributed by atoms with van der Waals surface area (Å²) in [5.41, 5.74) is 2.85. The van der Waals surface area contributed by atoms with E-state index in [4.69, 9.17) is 4.42 Å². The highest BCUT2D eigenvalue weighted by molar-refractivity contribution is 5.43. The molecule has 0 saturated carbocycles. The molecule has 2 atom stereocenters. The first-order valence-corrected chi connectivity index (χ1v) is 10.4. The second-order valence-electron chi connectivity index (χ2n) is 7.45. The van der Waals surface area contributed by atoms with Crippen LogP contribution in [0.25, 0.3) is 6.08 Å². The van der Waals surface area contributed by atoms with E-state index >= 15 is 0 Å². The molecular weight excluding hydrogens is 318 g/mol. The van der Waals surface area contributed by atoms with Gasteiger partial charge in [0, 0.05) is 0 Å². The van der Waals surface area contributed by atoms with E-state index < -0.39 is 0 Å². The Balaban J connectivity index is 1.46. The summed E-state index contributed by atoms with van der Waals surface area (Å²) in [6, 6.07) is 13.7. The predicted octanol–water partition coefficient (Wildman–Crippen LogP) is 6.33. The molecule has 0 spiro atoms. The average Bonchev–Trinajstić information content (AvgIpc) is 3.17. The van der Waals surface area contributed by atoms with Gasteiger partial charge in [-0.1, -0.05) is 50.6 Å². The Labute approximate surface area is 158 Å². The lowest BCUT2D eigenvalue weighted by Crippen LogP contribution is -2.33. The van der Waals surface area contributed by atoms with Gasteiger partial charge in [-0.05, 0) is 80.3 Å². The van der Waals surface area contributed by atoms with Gasteiger partial charge in [-0.15, -0.1) is 0 Å². The molecular formula is C24H33NO. The number of hydrogen-bond donors (Lipinski definition) is 1. The van der Waals surface area contributed by atoms with Gasteiger partial charge in [0.05, 0.1) is 6.04 Å². The van der Waals surface area contributed by atoms with Crippen molar-refractivity contribution in [3.05, 3.63) is 65.1 Å². The molecule has 2 aromatic rings. The zero-order valence-corrected chi connectivity index (χ0v) is 16.3. The molecule has 2 heteroatoms. The molecule has 2 unspecified atom stereocenters. The summed E-state index contributed by atoms with van der Waals surface area (Å²) >= 11 is 0. The number of allylic oxidation sites excluding steroid dienone is 1. The highest BCUT2D eigenvalue weighted by Crippen LogP contribution is 2.32. The van der Waals surface area contributed by atoms with Crippen molar-refractivity contribution in [1.29, 1.82) is 0 Å². The molecule has 1 fully saturated rings. The highest BCUT2D eigenvalue weighted by atomic mass is 16.3. The molecule has 2 nitrogen and oxygen atoms in total. The second kappa shape index (κ2) is 9.78. The van der Waals surface area contributed by atoms with Crippen LogP contribution in [0.2, 0.25) is 0 Å². The summed E-state index contributed by atoms with van der Waals surface area (Å²) in [5, 5.41) is 3.63. The Morgan fingerprint density at radius 2 is 1.88 bits per heavy atom. The zero-order chi connectivity index (χ0) is 18.2. The van der Waals surface area contributed by atoms with E-state index in [1.165, 1.54) is 36.8 Å². The third-order valence-corrected chi connectivity index (χ3v) is 5.62. The summed E-state index contributed by atoms with van der Waals surface area (Å²) in [7, 11) is 0. The van der Waals surface area contributed by atoms with Crippen molar-refractivity contribution in [3.63, 3.8) is 0 Å². The van der Waals surface area contributed by atoms with Gasteiger partial charge in [0.25, 0.3) is 0 Å². The van der Waals surface area contributed by atoms with E-state index in [0.29, 0.717) is 12.0 Å². The molecule has 2 heterocycles. The zero-order valence-electron chi connectivity index (χ0n) is 16.3. The van der Waals surface area contributed by atoms with Crippen LogP contribution in [0.5, 0.6) is 0 Å². The fourth-order valence-electron chi connectivity index (χ4n) is 3.92. The van der Waals surface area contributed by atoms with Crippen LogP contribution in [0, 0.1) is 5.92 Å².